The SMILES string of the molecule is Cc1cc(C)c(OCC(C)C)c(CCCBr)c1. The van der Waals surface area contributed by atoms with Crippen molar-refractivity contribution < 1.29 is 4.74 Å². The lowest BCUT2D eigenvalue weighted by atomic mass is 10.0. The van der Waals surface area contributed by atoms with Crippen molar-refractivity contribution >= 4 is 15.9 Å². The van der Waals surface area contributed by atoms with Crippen LogP contribution in [-0.4, -0.2) is 11.9 Å². The van der Waals surface area contributed by atoms with E-state index >= 15 is 0 Å². The highest BCUT2D eigenvalue weighted by Crippen LogP contribution is 2.27. The summed E-state index contributed by atoms with van der Waals surface area (Å²) < 4.78 is 5.97. The van der Waals surface area contributed by atoms with Crippen LogP contribution < -0.4 is 4.74 Å². The zero-order valence-electron chi connectivity index (χ0n) is 11.3. The Morgan fingerprint density at radius 3 is 2.53 bits per heavy atom. The molecule has 2 heteroatoms. The Morgan fingerprint density at radius 1 is 1.24 bits per heavy atom. The van der Waals surface area contributed by atoms with Crippen LogP contribution in [-0.2, 0) is 6.42 Å². The number of benzene rings is 1. The summed E-state index contributed by atoms with van der Waals surface area (Å²) in [4.78, 5) is 0. The number of alkyl halides is 1. The number of aryl methyl sites for hydroxylation is 3. The second-order valence-corrected chi connectivity index (χ2v) is 5.86. The molecule has 0 bridgehead atoms. The van der Waals surface area contributed by atoms with Crippen molar-refractivity contribution in [1.82, 2.24) is 0 Å². The first kappa shape index (κ1) is 14.6. The van der Waals surface area contributed by atoms with Gasteiger partial charge in [-0.2, -0.15) is 0 Å². The summed E-state index contributed by atoms with van der Waals surface area (Å²) in [6.07, 6.45) is 2.24. The van der Waals surface area contributed by atoms with Crippen molar-refractivity contribution in [3.63, 3.8) is 0 Å². The molecule has 1 aromatic rings. The molecule has 1 nitrogen and oxygen atoms in total. The molecule has 17 heavy (non-hydrogen) atoms. The minimum Gasteiger partial charge on any atom is -0.493 e. The van der Waals surface area contributed by atoms with Crippen molar-refractivity contribution in [2.45, 2.75) is 40.5 Å². The van der Waals surface area contributed by atoms with Gasteiger partial charge in [-0.1, -0.05) is 47.5 Å². The average Bonchev–Trinajstić information content (AvgIpc) is 2.24. The molecule has 1 aromatic carbocycles. The summed E-state index contributed by atoms with van der Waals surface area (Å²) in [5.74, 6) is 1.67. The summed E-state index contributed by atoms with van der Waals surface area (Å²) in [6, 6.07) is 4.46. The maximum atomic E-state index is 5.97. The third kappa shape index (κ3) is 4.71. The average molecular weight is 299 g/mol. The first-order chi connectivity index (χ1) is 8.04. The number of hydrogen-bond acceptors (Lipinski definition) is 1. The molecule has 0 aliphatic heterocycles. The van der Waals surface area contributed by atoms with Gasteiger partial charge in [-0.25, -0.2) is 0 Å². The van der Waals surface area contributed by atoms with Crippen molar-refractivity contribution in [3.8, 4) is 5.75 Å². The molecule has 0 aromatic heterocycles. The van der Waals surface area contributed by atoms with Crippen LogP contribution >= 0.6 is 15.9 Å². The Kier molecular flexibility index (Phi) is 6.04. The van der Waals surface area contributed by atoms with Crippen LogP contribution in [0.25, 0.3) is 0 Å². The fourth-order valence-electron chi connectivity index (χ4n) is 1.94. The van der Waals surface area contributed by atoms with Gasteiger partial charge in [0.05, 0.1) is 6.61 Å². The Hall–Kier alpha value is -0.500. The van der Waals surface area contributed by atoms with Crippen molar-refractivity contribution in [1.29, 1.82) is 0 Å². The summed E-state index contributed by atoms with van der Waals surface area (Å²) in [6.45, 7) is 9.45. The van der Waals surface area contributed by atoms with Crippen LogP contribution in [0.2, 0.25) is 0 Å². The highest BCUT2D eigenvalue weighted by atomic mass is 79.9. The lowest BCUT2D eigenvalue weighted by Gasteiger charge is -2.16. The van der Waals surface area contributed by atoms with Crippen LogP contribution in [0.5, 0.6) is 5.75 Å². The van der Waals surface area contributed by atoms with E-state index in [4.69, 9.17) is 4.74 Å². The molecule has 0 amide bonds. The van der Waals surface area contributed by atoms with E-state index in [2.05, 4.69) is 55.8 Å². The lowest BCUT2D eigenvalue weighted by Crippen LogP contribution is -2.08. The van der Waals surface area contributed by atoms with E-state index in [1.165, 1.54) is 16.7 Å². The summed E-state index contributed by atoms with van der Waals surface area (Å²) in [5, 5.41) is 1.05. The molecular formula is C15H23BrO. The maximum absolute atomic E-state index is 5.97. The third-order valence-electron chi connectivity index (χ3n) is 2.64. The van der Waals surface area contributed by atoms with E-state index in [0.717, 1.165) is 30.5 Å². The summed E-state index contributed by atoms with van der Waals surface area (Å²) in [7, 11) is 0. The van der Waals surface area contributed by atoms with Gasteiger partial charge >= 0.3 is 0 Å². The topological polar surface area (TPSA) is 9.23 Å². The Bertz CT molecular complexity index is 358. The Balaban J connectivity index is 2.90. The van der Waals surface area contributed by atoms with E-state index in [1.807, 2.05) is 0 Å². The number of hydrogen-bond donors (Lipinski definition) is 0. The van der Waals surface area contributed by atoms with Crippen LogP contribution in [0.1, 0.15) is 37.0 Å². The fourth-order valence-corrected chi connectivity index (χ4v) is 2.22. The van der Waals surface area contributed by atoms with E-state index in [-0.39, 0.29) is 0 Å². The first-order valence-electron chi connectivity index (χ1n) is 6.33. The molecule has 0 atom stereocenters. The molecule has 0 saturated carbocycles. The zero-order valence-corrected chi connectivity index (χ0v) is 12.9. The van der Waals surface area contributed by atoms with E-state index in [1.54, 1.807) is 0 Å². The quantitative estimate of drug-likeness (QED) is 0.694. The highest BCUT2D eigenvalue weighted by Gasteiger charge is 2.09. The van der Waals surface area contributed by atoms with Gasteiger partial charge in [-0.3, -0.25) is 0 Å². The Labute approximate surface area is 114 Å². The van der Waals surface area contributed by atoms with Crippen molar-refractivity contribution in [3.05, 3.63) is 28.8 Å². The van der Waals surface area contributed by atoms with Crippen LogP contribution in [0.3, 0.4) is 0 Å². The van der Waals surface area contributed by atoms with E-state index in [9.17, 15) is 0 Å². The molecular weight excluding hydrogens is 276 g/mol. The second kappa shape index (κ2) is 7.05. The predicted octanol–water partition coefficient (Wildman–Crippen LogP) is 4.67. The molecule has 0 fully saturated rings. The monoisotopic (exact) mass is 298 g/mol. The van der Waals surface area contributed by atoms with Gasteiger partial charge in [0.25, 0.3) is 0 Å². The molecule has 1 rings (SSSR count). The molecule has 0 heterocycles. The molecule has 0 unspecified atom stereocenters. The van der Waals surface area contributed by atoms with Crippen molar-refractivity contribution in [2.24, 2.45) is 5.92 Å². The standard InChI is InChI=1S/C15H23BrO/c1-11(2)10-17-15-13(4)8-12(3)9-14(15)6-5-7-16/h8-9,11H,5-7,10H2,1-4H3. The highest BCUT2D eigenvalue weighted by molar-refractivity contribution is 9.09. The minimum absolute atomic E-state index is 0.569. The zero-order chi connectivity index (χ0) is 12.8. The molecule has 0 N–H and O–H groups in total. The van der Waals surface area contributed by atoms with Gasteiger partial charge in [0, 0.05) is 5.33 Å². The van der Waals surface area contributed by atoms with Gasteiger partial charge in [-0.05, 0) is 43.7 Å². The molecule has 0 radical (unpaired) electrons. The number of halogens is 1. The number of rotatable bonds is 6. The first-order valence-corrected chi connectivity index (χ1v) is 7.45. The summed E-state index contributed by atoms with van der Waals surface area (Å²) >= 11 is 3.49. The fraction of sp³-hybridized carbons (Fsp3) is 0.600. The van der Waals surface area contributed by atoms with Crippen LogP contribution in [0, 0.1) is 19.8 Å². The van der Waals surface area contributed by atoms with Crippen LogP contribution in [0.4, 0.5) is 0 Å². The van der Waals surface area contributed by atoms with Gasteiger partial charge < -0.3 is 4.74 Å². The van der Waals surface area contributed by atoms with Gasteiger partial charge in [-0.15, -0.1) is 0 Å². The number of ether oxygens (including phenoxy) is 1. The lowest BCUT2D eigenvalue weighted by molar-refractivity contribution is 0.267. The normalized spacial score (nSPS) is 10.9. The Morgan fingerprint density at radius 2 is 1.94 bits per heavy atom. The third-order valence-corrected chi connectivity index (χ3v) is 3.20. The molecule has 0 saturated heterocycles. The molecule has 0 aliphatic rings. The summed E-state index contributed by atoms with van der Waals surface area (Å²) in [5.41, 5.74) is 3.93. The van der Waals surface area contributed by atoms with E-state index < -0.39 is 0 Å². The van der Waals surface area contributed by atoms with Gasteiger partial charge in [0.1, 0.15) is 5.75 Å². The van der Waals surface area contributed by atoms with Gasteiger partial charge in [0.2, 0.25) is 0 Å². The maximum Gasteiger partial charge on any atom is 0.125 e. The smallest absolute Gasteiger partial charge is 0.125 e. The molecule has 96 valence electrons. The van der Waals surface area contributed by atoms with Crippen LogP contribution in [0.15, 0.2) is 12.1 Å². The van der Waals surface area contributed by atoms with Crippen molar-refractivity contribution in [2.75, 3.05) is 11.9 Å². The largest absolute Gasteiger partial charge is 0.493 e. The molecule has 0 spiro atoms. The minimum atomic E-state index is 0.569. The van der Waals surface area contributed by atoms with E-state index in [0.29, 0.717) is 5.92 Å². The second-order valence-electron chi connectivity index (χ2n) is 5.07. The van der Waals surface area contributed by atoms with Gasteiger partial charge in [0.15, 0.2) is 0 Å². The molecule has 0 aliphatic carbocycles. The predicted molar refractivity (Wildman–Crippen MR) is 78.4 cm³/mol.